The second-order valence-corrected chi connectivity index (χ2v) is 7.39. The number of benzene rings is 1. The van der Waals surface area contributed by atoms with Crippen LogP contribution in [-0.4, -0.2) is 35.8 Å². The van der Waals surface area contributed by atoms with E-state index in [-0.39, 0.29) is 43.1 Å². The number of allylic oxidation sites excluding steroid dienone is 1. The van der Waals surface area contributed by atoms with Gasteiger partial charge >= 0.3 is 5.97 Å². The highest BCUT2D eigenvalue weighted by molar-refractivity contribution is 5.96. The van der Waals surface area contributed by atoms with E-state index in [4.69, 9.17) is 9.15 Å². The van der Waals surface area contributed by atoms with E-state index in [0.29, 0.717) is 23.6 Å². The van der Waals surface area contributed by atoms with Crippen LogP contribution in [0.2, 0.25) is 0 Å². The van der Waals surface area contributed by atoms with Gasteiger partial charge in [-0.05, 0) is 38.0 Å². The minimum Gasteiger partial charge on any atom is -0.463 e. The predicted molar refractivity (Wildman–Crippen MR) is 115 cm³/mol. The maximum Gasteiger partial charge on any atom is 0.336 e. The predicted octanol–water partition coefficient (Wildman–Crippen LogP) is 3.77. The molecule has 0 saturated carbocycles. The third kappa shape index (κ3) is 5.05. The first kappa shape index (κ1) is 22.3. The number of carbonyl (C=O) groups excluding carboxylic acids is 3. The van der Waals surface area contributed by atoms with Crippen molar-refractivity contribution in [2.24, 2.45) is 0 Å². The summed E-state index contributed by atoms with van der Waals surface area (Å²) in [4.78, 5) is 39.4. The Bertz CT molecular complexity index is 977. The largest absolute Gasteiger partial charge is 0.463 e. The Morgan fingerprint density at radius 3 is 2.58 bits per heavy atom. The maximum atomic E-state index is 13.0. The number of esters is 1. The molecule has 0 fully saturated rings. The van der Waals surface area contributed by atoms with Gasteiger partial charge in [0, 0.05) is 24.6 Å². The van der Waals surface area contributed by atoms with E-state index < -0.39 is 5.97 Å². The number of carbonyl (C=O) groups is 3. The van der Waals surface area contributed by atoms with Crippen molar-refractivity contribution < 1.29 is 23.5 Å². The molecule has 1 aliphatic rings. The topological polar surface area (TPSA) is 88.9 Å². The SMILES string of the molecule is CCCNC(=O)c1ccc(CN2C(=O)C[C@H](c3ccccc3)C(C(=O)OCC)=C2C)o1. The van der Waals surface area contributed by atoms with Gasteiger partial charge in [-0.2, -0.15) is 0 Å². The van der Waals surface area contributed by atoms with E-state index >= 15 is 0 Å². The molecule has 0 aliphatic carbocycles. The van der Waals surface area contributed by atoms with Crippen LogP contribution in [0.5, 0.6) is 0 Å². The summed E-state index contributed by atoms with van der Waals surface area (Å²) in [6.07, 6.45) is 0.977. The van der Waals surface area contributed by atoms with Crippen LogP contribution in [0.25, 0.3) is 0 Å². The molecule has 31 heavy (non-hydrogen) atoms. The molecule has 7 heteroatoms. The zero-order chi connectivity index (χ0) is 22.4. The number of ether oxygens (including phenoxy) is 1. The van der Waals surface area contributed by atoms with Crippen LogP contribution in [0.3, 0.4) is 0 Å². The van der Waals surface area contributed by atoms with Gasteiger partial charge in [0.15, 0.2) is 5.76 Å². The van der Waals surface area contributed by atoms with Gasteiger partial charge in [-0.15, -0.1) is 0 Å². The molecular weight excluding hydrogens is 396 g/mol. The smallest absolute Gasteiger partial charge is 0.336 e. The van der Waals surface area contributed by atoms with Crippen molar-refractivity contribution in [1.29, 1.82) is 0 Å². The fraction of sp³-hybridized carbons (Fsp3) is 0.375. The molecule has 7 nitrogen and oxygen atoms in total. The first-order valence-corrected chi connectivity index (χ1v) is 10.6. The number of nitrogens with one attached hydrogen (secondary N) is 1. The standard InChI is InChI=1S/C24H28N2O5/c1-4-13-25-23(28)20-12-11-18(31-20)15-26-16(3)22(24(29)30-5-2)19(14-21(26)27)17-9-7-6-8-10-17/h6-12,19H,4-5,13-15H2,1-3H3,(H,25,28)/t19-/m1/s1. The average Bonchev–Trinajstić information content (AvgIpc) is 3.24. The molecule has 1 atom stereocenters. The van der Waals surface area contributed by atoms with Crippen molar-refractivity contribution in [2.75, 3.05) is 13.2 Å². The molecule has 0 spiro atoms. The summed E-state index contributed by atoms with van der Waals surface area (Å²) in [7, 11) is 0. The number of nitrogens with zero attached hydrogens (tertiary/aromatic N) is 1. The second kappa shape index (κ2) is 10.1. The molecule has 1 N–H and O–H groups in total. The third-order valence-electron chi connectivity index (χ3n) is 5.26. The van der Waals surface area contributed by atoms with E-state index in [9.17, 15) is 14.4 Å². The Morgan fingerprint density at radius 1 is 1.16 bits per heavy atom. The zero-order valence-corrected chi connectivity index (χ0v) is 18.1. The van der Waals surface area contributed by atoms with Gasteiger partial charge in [0.25, 0.3) is 5.91 Å². The molecule has 164 valence electrons. The van der Waals surface area contributed by atoms with Gasteiger partial charge < -0.3 is 19.4 Å². The van der Waals surface area contributed by atoms with Gasteiger partial charge in [0.2, 0.25) is 5.91 Å². The molecule has 0 saturated heterocycles. The van der Waals surface area contributed by atoms with Crippen LogP contribution in [0.1, 0.15) is 61.4 Å². The molecule has 0 radical (unpaired) electrons. The van der Waals surface area contributed by atoms with Crippen molar-refractivity contribution in [3.8, 4) is 0 Å². The molecule has 3 rings (SSSR count). The Labute approximate surface area is 182 Å². The lowest BCUT2D eigenvalue weighted by Crippen LogP contribution is -2.38. The Kier molecular flexibility index (Phi) is 7.28. The summed E-state index contributed by atoms with van der Waals surface area (Å²) >= 11 is 0. The third-order valence-corrected chi connectivity index (χ3v) is 5.26. The molecule has 0 unspecified atom stereocenters. The van der Waals surface area contributed by atoms with Crippen LogP contribution in [-0.2, 0) is 20.9 Å². The first-order valence-electron chi connectivity index (χ1n) is 10.6. The summed E-state index contributed by atoms with van der Waals surface area (Å²) in [5.74, 6) is -0.533. The number of hydrogen-bond acceptors (Lipinski definition) is 5. The molecule has 1 aliphatic heterocycles. The van der Waals surface area contributed by atoms with Crippen molar-refractivity contribution in [2.45, 2.75) is 46.1 Å². The number of hydrogen-bond donors (Lipinski definition) is 1. The van der Waals surface area contributed by atoms with Crippen molar-refractivity contribution in [3.63, 3.8) is 0 Å². The van der Waals surface area contributed by atoms with E-state index in [1.807, 2.05) is 37.3 Å². The zero-order valence-electron chi connectivity index (χ0n) is 18.1. The maximum absolute atomic E-state index is 13.0. The highest BCUT2D eigenvalue weighted by atomic mass is 16.5. The molecule has 1 aromatic heterocycles. The normalized spacial score (nSPS) is 16.4. The lowest BCUT2D eigenvalue weighted by molar-refractivity contribution is -0.140. The fourth-order valence-corrected chi connectivity index (χ4v) is 3.71. The molecule has 0 bridgehead atoms. The van der Waals surface area contributed by atoms with E-state index in [1.165, 1.54) is 4.90 Å². The molecule has 2 amide bonds. The minimum atomic E-state index is -0.426. The number of furan rings is 1. The fourth-order valence-electron chi connectivity index (χ4n) is 3.71. The number of rotatable bonds is 8. The Hall–Kier alpha value is -3.35. The van der Waals surface area contributed by atoms with Gasteiger partial charge in [-0.25, -0.2) is 4.79 Å². The molecule has 2 heterocycles. The van der Waals surface area contributed by atoms with Crippen molar-refractivity contribution >= 4 is 17.8 Å². The van der Waals surface area contributed by atoms with Crippen LogP contribution < -0.4 is 5.32 Å². The van der Waals surface area contributed by atoms with Gasteiger partial charge in [0.1, 0.15) is 5.76 Å². The number of amides is 2. The molecule has 1 aromatic carbocycles. The summed E-state index contributed by atoms with van der Waals surface area (Å²) in [6.45, 7) is 6.41. The average molecular weight is 424 g/mol. The lowest BCUT2D eigenvalue weighted by atomic mass is 9.83. The van der Waals surface area contributed by atoms with E-state index in [0.717, 1.165) is 12.0 Å². The Morgan fingerprint density at radius 2 is 1.90 bits per heavy atom. The monoisotopic (exact) mass is 424 g/mol. The lowest BCUT2D eigenvalue weighted by Gasteiger charge is -2.34. The summed E-state index contributed by atoms with van der Waals surface area (Å²) in [5.41, 5.74) is 1.91. The van der Waals surface area contributed by atoms with Gasteiger partial charge in [-0.1, -0.05) is 37.3 Å². The summed E-state index contributed by atoms with van der Waals surface area (Å²) in [6, 6.07) is 12.8. The van der Waals surface area contributed by atoms with Gasteiger partial charge in [0.05, 0.1) is 18.7 Å². The van der Waals surface area contributed by atoms with Crippen molar-refractivity contribution in [1.82, 2.24) is 10.2 Å². The minimum absolute atomic E-state index is 0.118. The highest BCUT2D eigenvalue weighted by Gasteiger charge is 2.37. The Balaban J connectivity index is 1.89. The van der Waals surface area contributed by atoms with Crippen LogP contribution >= 0.6 is 0 Å². The van der Waals surface area contributed by atoms with Crippen LogP contribution in [0.15, 0.2) is 58.2 Å². The second-order valence-electron chi connectivity index (χ2n) is 7.39. The first-order chi connectivity index (χ1) is 15.0. The summed E-state index contributed by atoms with van der Waals surface area (Å²) in [5, 5.41) is 2.76. The van der Waals surface area contributed by atoms with Crippen LogP contribution in [0.4, 0.5) is 0 Å². The highest BCUT2D eigenvalue weighted by Crippen LogP contribution is 2.37. The molecule has 2 aromatic rings. The van der Waals surface area contributed by atoms with Gasteiger partial charge in [-0.3, -0.25) is 9.59 Å². The van der Waals surface area contributed by atoms with E-state index in [1.54, 1.807) is 26.0 Å². The van der Waals surface area contributed by atoms with Crippen LogP contribution in [0, 0.1) is 0 Å². The van der Waals surface area contributed by atoms with E-state index in [2.05, 4.69) is 5.32 Å². The quantitative estimate of drug-likeness (QED) is 0.652. The molecular formula is C24H28N2O5. The summed E-state index contributed by atoms with van der Waals surface area (Å²) < 4.78 is 11.0. The van der Waals surface area contributed by atoms with Crippen molar-refractivity contribution in [3.05, 3.63) is 70.8 Å².